The van der Waals surface area contributed by atoms with Crippen molar-refractivity contribution >= 4 is 45.0 Å². The maximum absolute atomic E-state index is 12.8. The average molecular weight is 456 g/mol. The predicted octanol–water partition coefficient (Wildman–Crippen LogP) is 5.18. The smallest absolute Gasteiger partial charge is 0.251 e. The van der Waals surface area contributed by atoms with Crippen LogP contribution in [0.3, 0.4) is 0 Å². The summed E-state index contributed by atoms with van der Waals surface area (Å²) in [6.07, 6.45) is 3.91. The molecule has 0 spiro atoms. The SMILES string of the molecule is Cc1[nH]c(N)c2ccc(CNC(=O)c3ccnc(Cc4ccc5ncc(Cl)cc5c4)c3)cc12. The first-order chi connectivity index (χ1) is 16.0. The number of hydrogen-bond acceptors (Lipinski definition) is 4. The summed E-state index contributed by atoms with van der Waals surface area (Å²) < 4.78 is 0. The first kappa shape index (κ1) is 21.0. The average Bonchev–Trinajstić information content (AvgIpc) is 3.10. The van der Waals surface area contributed by atoms with Gasteiger partial charge in [0.25, 0.3) is 5.91 Å². The Morgan fingerprint density at radius 3 is 2.76 bits per heavy atom. The normalized spacial score (nSPS) is 11.2. The summed E-state index contributed by atoms with van der Waals surface area (Å²) in [7, 11) is 0. The number of carbonyl (C=O) groups is 1. The molecule has 0 atom stereocenters. The van der Waals surface area contributed by atoms with Crippen molar-refractivity contribution in [1.82, 2.24) is 20.3 Å². The summed E-state index contributed by atoms with van der Waals surface area (Å²) >= 11 is 6.07. The van der Waals surface area contributed by atoms with E-state index in [2.05, 4.69) is 32.4 Å². The van der Waals surface area contributed by atoms with Gasteiger partial charge in [-0.1, -0.05) is 29.8 Å². The fourth-order valence-electron chi connectivity index (χ4n) is 4.06. The number of H-pyrrole nitrogens is 1. The Balaban J connectivity index is 1.29. The first-order valence-electron chi connectivity index (χ1n) is 10.6. The van der Waals surface area contributed by atoms with Gasteiger partial charge in [0.2, 0.25) is 0 Å². The van der Waals surface area contributed by atoms with E-state index in [9.17, 15) is 4.79 Å². The minimum Gasteiger partial charge on any atom is -0.385 e. The third-order valence-corrected chi connectivity index (χ3v) is 5.94. The van der Waals surface area contributed by atoms with Crippen LogP contribution in [0, 0.1) is 6.92 Å². The zero-order valence-electron chi connectivity index (χ0n) is 18.0. The molecule has 0 unspecified atom stereocenters. The van der Waals surface area contributed by atoms with Gasteiger partial charge in [0.1, 0.15) is 5.82 Å². The lowest BCUT2D eigenvalue weighted by Gasteiger charge is -2.08. The molecule has 0 bridgehead atoms. The second kappa shape index (κ2) is 8.56. The van der Waals surface area contributed by atoms with Crippen molar-refractivity contribution in [2.24, 2.45) is 0 Å². The molecule has 0 aliphatic rings. The van der Waals surface area contributed by atoms with Crippen LogP contribution in [0.15, 0.2) is 67.0 Å². The molecule has 1 amide bonds. The highest BCUT2D eigenvalue weighted by Gasteiger charge is 2.10. The van der Waals surface area contributed by atoms with Crippen LogP contribution in [-0.2, 0) is 13.0 Å². The third-order valence-electron chi connectivity index (χ3n) is 5.73. The zero-order valence-corrected chi connectivity index (χ0v) is 18.8. The number of halogens is 1. The Hall–Kier alpha value is -3.90. The zero-order chi connectivity index (χ0) is 22.9. The maximum Gasteiger partial charge on any atom is 0.251 e. The summed E-state index contributed by atoms with van der Waals surface area (Å²) in [5, 5.41) is 6.64. The van der Waals surface area contributed by atoms with E-state index in [0.29, 0.717) is 29.4 Å². The molecule has 0 saturated carbocycles. The molecule has 164 valence electrons. The van der Waals surface area contributed by atoms with E-state index in [1.54, 1.807) is 18.5 Å². The van der Waals surface area contributed by atoms with Gasteiger partial charge in [-0.2, -0.15) is 0 Å². The highest BCUT2D eigenvalue weighted by molar-refractivity contribution is 6.31. The Morgan fingerprint density at radius 1 is 1.03 bits per heavy atom. The van der Waals surface area contributed by atoms with Crippen molar-refractivity contribution in [3.63, 3.8) is 0 Å². The summed E-state index contributed by atoms with van der Waals surface area (Å²) in [5.74, 6) is 0.520. The minimum atomic E-state index is -0.140. The van der Waals surface area contributed by atoms with E-state index in [1.807, 2.05) is 43.3 Å². The van der Waals surface area contributed by atoms with E-state index in [1.165, 1.54) is 0 Å². The van der Waals surface area contributed by atoms with Crippen molar-refractivity contribution in [2.75, 3.05) is 5.73 Å². The van der Waals surface area contributed by atoms with Gasteiger partial charge in [-0.15, -0.1) is 0 Å². The number of nitrogens with zero attached hydrogens (tertiary/aromatic N) is 2. The number of aryl methyl sites for hydroxylation is 1. The Kier molecular flexibility index (Phi) is 5.44. The Labute approximate surface area is 195 Å². The van der Waals surface area contributed by atoms with Gasteiger partial charge in [-0.25, -0.2) is 0 Å². The van der Waals surface area contributed by atoms with E-state index in [-0.39, 0.29) is 5.91 Å². The van der Waals surface area contributed by atoms with E-state index >= 15 is 0 Å². The van der Waals surface area contributed by atoms with Gasteiger partial charge >= 0.3 is 0 Å². The maximum atomic E-state index is 12.8. The number of pyridine rings is 2. The van der Waals surface area contributed by atoms with Crippen molar-refractivity contribution in [3.8, 4) is 0 Å². The summed E-state index contributed by atoms with van der Waals surface area (Å²) in [6, 6.07) is 17.5. The van der Waals surface area contributed by atoms with Crippen LogP contribution in [0.2, 0.25) is 5.02 Å². The molecule has 4 N–H and O–H groups in total. The second-order valence-electron chi connectivity index (χ2n) is 8.12. The number of aromatic nitrogens is 3. The lowest BCUT2D eigenvalue weighted by molar-refractivity contribution is 0.0950. The highest BCUT2D eigenvalue weighted by Crippen LogP contribution is 2.25. The molecular weight excluding hydrogens is 434 g/mol. The number of fused-ring (bicyclic) bond motifs is 2. The van der Waals surface area contributed by atoms with Gasteiger partial charge in [0, 0.05) is 58.5 Å². The number of hydrogen-bond donors (Lipinski definition) is 3. The summed E-state index contributed by atoms with van der Waals surface area (Å²) in [4.78, 5) is 24.7. The number of carbonyl (C=O) groups excluding carboxylic acids is 1. The monoisotopic (exact) mass is 455 g/mol. The van der Waals surface area contributed by atoms with Crippen molar-refractivity contribution in [1.29, 1.82) is 0 Å². The van der Waals surface area contributed by atoms with Crippen LogP contribution in [0.5, 0.6) is 0 Å². The number of nitrogens with two attached hydrogens (primary N) is 1. The van der Waals surface area contributed by atoms with Crippen LogP contribution in [0.4, 0.5) is 5.82 Å². The Morgan fingerprint density at radius 2 is 1.88 bits per heavy atom. The fourth-order valence-corrected chi connectivity index (χ4v) is 4.22. The number of benzene rings is 2. The van der Waals surface area contributed by atoms with Crippen molar-refractivity contribution in [2.45, 2.75) is 19.9 Å². The molecule has 0 radical (unpaired) electrons. The molecule has 0 saturated heterocycles. The van der Waals surface area contributed by atoms with Crippen molar-refractivity contribution in [3.05, 3.63) is 100 Å². The topological polar surface area (TPSA) is 96.7 Å². The fraction of sp³-hybridized carbons (Fsp3) is 0.115. The third kappa shape index (κ3) is 4.38. The van der Waals surface area contributed by atoms with Crippen LogP contribution in [0.1, 0.15) is 32.9 Å². The van der Waals surface area contributed by atoms with Crippen LogP contribution >= 0.6 is 11.6 Å². The number of anilines is 1. The standard InChI is InChI=1S/C26H22ClN5O/c1-15-23-10-17(2-4-22(23)25(28)32-15)13-31-26(33)18-6-7-29-21(12-18)9-16-3-5-24-19(8-16)11-20(27)14-30-24/h2-8,10-12,14,32H,9,13,28H2,1H3,(H,31,33). The molecule has 7 heteroatoms. The molecule has 3 heterocycles. The number of aromatic amines is 1. The molecule has 5 aromatic rings. The van der Waals surface area contributed by atoms with Gasteiger partial charge in [-0.3, -0.25) is 14.8 Å². The van der Waals surface area contributed by atoms with Gasteiger partial charge in [-0.05, 0) is 54.4 Å². The lowest BCUT2D eigenvalue weighted by atomic mass is 10.0. The van der Waals surface area contributed by atoms with E-state index < -0.39 is 0 Å². The van der Waals surface area contributed by atoms with Crippen molar-refractivity contribution < 1.29 is 4.79 Å². The number of nitrogen functional groups attached to an aromatic ring is 1. The summed E-state index contributed by atoms with van der Waals surface area (Å²) in [6.45, 7) is 2.41. The van der Waals surface area contributed by atoms with Crippen LogP contribution in [0.25, 0.3) is 21.7 Å². The first-order valence-corrected chi connectivity index (χ1v) is 11.0. The molecule has 0 aliphatic heterocycles. The Bertz CT molecular complexity index is 1510. The van der Waals surface area contributed by atoms with Gasteiger partial charge in [0.05, 0.1) is 10.5 Å². The summed E-state index contributed by atoms with van der Waals surface area (Å²) in [5.41, 5.74) is 11.4. The lowest BCUT2D eigenvalue weighted by Crippen LogP contribution is -2.23. The van der Waals surface area contributed by atoms with E-state index in [4.69, 9.17) is 17.3 Å². The number of nitrogens with one attached hydrogen (secondary N) is 2. The molecule has 3 aromatic heterocycles. The molecule has 2 aromatic carbocycles. The molecule has 0 aliphatic carbocycles. The molecular formula is C26H22ClN5O. The minimum absolute atomic E-state index is 0.140. The second-order valence-corrected chi connectivity index (χ2v) is 8.56. The van der Waals surface area contributed by atoms with Gasteiger partial charge in [0.15, 0.2) is 0 Å². The largest absolute Gasteiger partial charge is 0.385 e. The quantitative estimate of drug-likeness (QED) is 0.340. The molecule has 6 nitrogen and oxygen atoms in total. The van der Waals surface area contributed by atoms with Gasteiger partial charge < -0.3 is 16.0 Å². The van der Waals surface area contributed by atoms with Crippen LogP contribution in [-0.4, -0.2) is 20.9 Å². The van der Waals surface area contributed by atoms with E-state index in [0.717, 1.165) is 44.2 Å². The van der Waals surface area contributed by atoms with Crippen LogP contribution < -0.4 is 11.1 Å². The highest BCUT2D eigenvalue weighted by atomic mass is 35.5. The molecule has 0 fully saturated rings. The number of rotatable bonds is 5. The predicted molar refractivity (Wildman–Crippen MR) is 132 cm³/mol. The molecule has 5 rings (SSSR count). The number of amides is 1. The molecule has 33 heavy (non-hydrogen) atoms.